The summed E-state index contributed by atoms with van der Waals surface area (Å²) in [5.41, 5.74) is 4.50. The summed E-state index contributed by atoms with van der Waals surface area (Å²) in [5, 5.41) is 2.85. The molecule has 5 nitrogen and oxygen atoms in total. The number of benzene rings is 3. The van der Waals surface area contributed by atoms with Crippen molar-refractivity contribution in [1.82, 2.24) is 0 Å². The number of hydrogen-bond acceptors (Lipinski definition) is 3. The number of aryl methyl sites for hydroxylation is 3. The van der Waals surface area contributed by atoms with E-state index in [1.165, 1.54) is 11.4 Å². The monoisotopic (exact) mass is 408 g/mol. The van der Waals surface area contributed by atoms with Crippen LogP contribution in [0.3, 0.4) is 0 Å². The molecule has 1 N–H and O–H groups in total. The highest BCUT2D eigenvalue weighted by atomic mass is 32.2. The van der Waals surface area contributed by atoms with Crippen molar-refractivity contribution in [3.8, 4) is 0 Å². The third kappa shape index (κ3) is 4.49. The van der Waals surface area contributed by atoms with Gasteiger partial charge in [0.1, 0.15) is 0 Å². The van der Waals surface area contributed by atoms with Crippen LogP contribution < -0.4 is 9.62 Å². The number of amides is 1. The lowest BCUT2D eigenvalue weighted by Gasteiger charge is -2.22. The van der Waals surface area contributed by atoms with E-state index in [0.29, 0.717) is 22.5 Å². The summed E-state index contributed by atoms with van der Waals surface area (Å²) >= 11 is 0. The average molecular weight is 409 g/mol. The second-order valence-electron chi connectivity index (χ2n) is 7.11. The first kappa shape index (κ1) is 20.6. The minimum absolute atomic E-state index is 0.228. The van der Waals surface area contributed by atoms with Gasteiger partial charge in [0.2, 0.25) is 0 Å². The molecule has 0 aliphatic carbocycles. The molecule has 0 aliphatic heterocycles. The summed E-state index contributed by atoms with van der Waals surface area (Å²) in [5.74, 6) is -0.243. The smallest absolute Gasteiger partial charge is 0.264 e. The molecule has 0 radical (unpaired) electrons. The third-order valence-corrected chi connectivity index (χ3v) is 6.57. The van der Waals surface area contributed by atoms with Crippen LogP contribution in [-0.4, -0.2) is 21.4 Å². The van der Waals surface area contributed by atoms with Gasteiger partial charge in [-0.05, 0) is 68.8 Å². The predicted molar refractivity (Wildman–Crippen MR) is 117 cm³/mol. The lowest BCUT2D eigenvalue weighted by atomic mass is 10.1. The molecule has 1 amide bonds. The Bertz CT molecular complexity index is 1140. The van der Waals surface area contributed by atoms with Crippen molar-refractivity contribution in [2.24, 2.45) is 0 Å². The van der Waals surface area contributed by atoms with Gasteiger partial charge in [-0.1, -0.05) is 35.4 Å². The minimum Gasteiger partial charge on any atom is -0.322 e. The van der Waals surface area contributed by atoms with Gasteiger partial charge in [-0.3, -0.25) is 9.10 Å². The fourth-order valence-electron chi connectivity index (χ4n) is 2.99. The highest BCUT2D eigenvalue weighted by Gasteiger charge is 2.23. The number of anilines is 2. The molecule has 0 unspecified atom stereocenters. The average Bonchev–Trinajstić information content (AvgIpc) is 2.69. The SMILES string of the molecule is Cc1ccc(NC(=O)c2ccc(N(C)S(=O)(=O)c3ccc(C)cc3)c(C)c2)cc1. The van der Waals surface area contributed by atoms with Crippen LogP contribution in [0.25, 0.3) is 0 Å². The van der Waals surface area contributed by atoms with Gasteiger partial charge in [0.15, 0.2) is 0 Å². The van der Waals surface area contributed by atoms with Crippen molar-refractivity contribution in [3.63, 3.8) is 0 Å². The molecule has 0 heterocycles. The van der Waals surface area contributed by atoms with Gasteiger partial charge in [0.05, 0.1) is 10.6 Å². The first-order chi connectivity index (χ1) is 13.7. The van der Waals surface area contributed by atoms with E-state index >= 15 is 0 Å². The predicted octanol–water partition coefficient (Wildman–Crippen LogP) is 4.69. The summed E-state index contributed by atoms with van der Waals surface area (Å²) in [4.78, 5) is 12.8. The van der Waals surface area contributed by atoms with Gasteiger partial charge in [-0.25, -0.2) is 8.42 Å². The minimum atomic E-state index is -3.68. The number of hydrogen-bond donors (Lipinski definition) is 1. The zero-order valence-corrected chi connectivity index (χ0v) is 17.7. The van der Waals surface area contributed by atoms with Crippen molar-refractivity contribution >= 4 is 27.3 Å². The molecule has 0 aliphatic rings. The standard InChI is InChI=1S/C23H24N2O3S/c1-16-5-10-20(11-6-16)24-23(26)19-9-14-22(18(3)15-19)25(4)29(27,28)21-12-7-17(2)8-13-21/h5-15H,1-4H3,(H,24,26). The van der Waals surface area contributed by atoms with E-state index in [9.17, 15) is 13.2 Å². The van der Waals surface area contributed by atoms with Crippen LogP contribution in [0.2, 0.25) is 0 Å². The molecule has 3 aromatic rings. The Kier molecular flexibility index (Phi) is 5.75. The third-order valence-electron chi connectivity index (χ3n) is 4.79. The number of nitrogens with zero attached hydrogens (tertiary/aromatic N) is 1. The molecule has 0 aromatic heterocycles. The molecular formula is C23H24N2O3S. The highest BCUT2D eigenvalue weighted by Crippen LogP contribution is 2.26. The van der Waals surface area contributed by atoms with E-state index in [4.69, 9.17) is 0 Å². The summed E-state index contributed by atoms with van der Waals surface area (Å²) in [6.07, 6.45) is 0. The molecule has 3 aromatic carbocycles. The molecule has 6 heteroatoms. The van der Waals surface area contributed by atoms with Crippen molar-refractivity contribution in [1.29, 1.82) is 0 Å². The van der Waals surface area contributed by atoms with Crippen LogP contribution in [0.15, 0.2) is 71.6 Å². The van der Waals surface area contributed by atoms with Crippen LogP contribution in [0.1, 0.15) is 27.0 Å². The number of sulfonamides is 1. The van der Waals surface area contributed by atoms with E-state index in [2.05, 4.69) is 5.32 Å². The lowest BCUT2D eigenvalue weighted by Crippen LogP contribution is -2.27. The summed E-state index contributed by atoms with van der Waals surface area (Å²) in [6, 6.07) is 19.3. The zero-order chi connectivity index (χ0) is 21.2. The number of nitrogens with one attached hydrogen (secondary N) is 1. The Morgan fingerprint density at radius 2 is 1.38 bits per heavy atom. The maximum Gasteiger partial charge on any atom is 0.264 e. The first-order valence-corrected chi connectivity index (χ1v) is 10.7. The highest BCUT2D eigenvalue weighted by molar-refractivity contribution is 7.92. The molecule has 0 atom stereocenters. The Morgan fingerprint density at radius 3 is 1.93 bits per heavy atom. The second kappa shape index (κ2) is 8.09. The molecule has 0 spiro atoms. The van der Waals surface area contributed by atoms with Gasteiger partial charge >= 0.3 is 0 Å². The quantitative estimate of drug-likeness (QED) is 0.666. The fourth-order valence-corrected chi connectivity index (χ4v) is 4.25. The Balaban J connectivity index is 1.83. The van der Waals surface area contributed by atoms with Gasteiger partial charge in [-0.2, -0.15) is 0 Å². The first-order valence-electron chi connectivity index (χ1n) is 9.23. The van der Waals surface area contributed by atoms with Crippen molar-refractivity contribution in [2.45, 2.75) is 25.7 Å². The summed E-state index contributed by atoms with van der Waals surface area (Å²) in [7, 11) is -2.17. The Labute approximate surface area is 172 Å². The molecule has 29 heavy (non-hydrogen) atoms. The maximum atomic E-state index is 12.9. The summed E-state index contributed by atoms with van der Waals surface area (Å²) in [6.45, 7) is 5.68. The Morgan fingerprint density at radius 1 is 0.828 bits per heavy atom. The van der Waals surface area contributed by atoms with Gasteiger partial charge in [-0.15, -0.1) is 0 Å². The number of rotatable bonds is 5. The van der Waals surface area contributed by atoms with E-state index < -0.39 is 10.0 Å². The molecule has 0 bridgehead atoms. The molecule has 0 saturated carbocycles. The van der Waals surface area contributed by atoms with Crippen molar-refractivity contribution < 1.29 is 13.2 Å². The van der Waals surface area contributed by atoms with E-state index in [-0.39, 0.29) is 10.8 Å². The Hall–Kier alpha value is -3.12. The molecule has 0 saturated heterocycles. The lowest BCUT2D eigenvalue weighted by molar-refractivity contribution is 0.102. The number of carbonyl (C=O) groups excluding carboxylic acids is 1. The van der Waals surface area contributed by atoms with Gasteiger partial charge in [0.25, 0.3) is 15.9 Å². The van der Waals surface area contributed by atoms with Crippen LogP contribution in [-0.2, 0) is 10.0 Å². The zero-order valence-electron chi connectivity index (χ0n) is 16.9. The van der Waals surface area contributed by atoms with E-state index in [1.807, 2.05) is 38.1 Å². The largest absolute Gasteiger partial charge is 0.322 e. The topological polar surface area (TPSA) is 66.5 Å². The molecule has 150 valence electrons. The maximum absolute atomic E-state index is 12.9. The second-order valence-corrected chi connectivity index (χ2v) is 9.08. The molecule has 3 rings (SSSR count). The van der Waals surface area contributed by atoms with Crippen molar-refractivity contribution in [2.75, 3.05) is 16.7 Å². The molecule has 0 fully saturated rings. The van der Waals surface area contributed by atoms with Crippen LogP contribution >= 0.6 is 0 Å². The normalized spacial score (nSPS) is 11.2. The van der Waals surface area contributed by atoms with Crippen LogP contribution in [0, 0.1) is 20.8 Å². The fraction of sp³-hybridized carbons (Fsp3) is 0.174. The van der Waals surface area contributed by atoms with Crippen molar-refractivity contribution in [3.05, 3.63) is 89.0 Å². The van der Waals surface area contributed by atoms with E-state index in [0.717, 1.165) is 11.1 Å². The van der Waals surface area contributed by atoms with E-state index in [1.54, 1.807) is 49.4 Å². The van der Waals surface area contributed by atoms with Crippen LogP contribution in [0.5, 0.6) is 0 Å². The van der Waals surface area contributed by atoms with Gasteiger partial charge in [0, 0.05) is 18.3 Å². The molecular weight excluding hydrogens is 384 g/mol. The van der Waals surface area contributed by atoms with Crippen LogP contribution in [0.4, 0.5) is 11.4 Å². The number of carbonyl (C=O) groups is 1. The van der Waals surface area contributed by atoms with Gasteiger partial charge < -0.3 is 5.32 Å². The summed E-state index contributed by atoms with van der Waals surface area (Å²) < 4.78 is 27.1.